The molecule has 18 heavy (non-hydrogen) atoms. The molecule has 0 amide bonds. The minimum Gasteiger partial charge on any atom is -0.288 e. The number of hydrogen-bond acceptors (Lipinski definition) is 1. The van der Waals surface area contributed by atoms with Crippen molar-refractivity contribution in [2.45, 2.75) is 6.54 Å². The Labute approximate surface area is 103 Å². The van der Waals surface area contributed by atoms with Crippen LogP contribution in [-0.4, -0.2) is 6.21 Å². The van der Waals surface area contributed by atoms with Crippen molar-refractivity contribution in [1.82, 2.24) is 0 Å². The summed E-state index contributed by atoms with van der Waals surface area (Å²) in [5.41, 5.74) is 1.18. The van der Waals surface area contributed by atoms with Crippen LogP contribution >= 0.6 is 0 Å². The standard InChI is InChI=1S/C14H10F3N/c15-12-6-11(7-13(16)14(12)17)9-18-8-10-4-2-1-3-5-10/h1-7,9H,8H2. The summed E-state index contributed by atoms with van der Waals surface area (Å²) < 4.78 is 38.5. The molecule has 0 spiro atoms. The van der Waals surface area contributed by atoms with Crippen molar-refractivity contribution in [3.05, 3.63) is 71.0 Å². The zero-order chi connectivity index (χ0) is 13.0. The van der Waals surface area contributed by atoms with Gasteiger partial charge < -0.3 is 0 Å². The quantitative estimate of drug-likeness (QED) is 0.580. The number of benzene rings is 2. The summed E-state index contributed by atoms with van der Waals surface area (Å²) in [5, 5.41) is 0. The van der Waals surface area contributed by atoms with Gasteiger partial charge in [-0.05, 0) is 23.3 Å². The van der Waals surface area contributed by atoms with Crippen LogP contribution in [-0.2, 0) is 6.54 Å². The smallest absolute Gasteiger partial charge is 0.194 e. The highest BCUT2D eigenvalue weighted by Crippen LogP contribution is 2.12. The maximum absolute atomic E-state index is 12.9. The lowest BCUT2D eigenvalue weighted by Gasteiger charge is -1.98. The molecule has 0 N–H and O–H groups in total. The second kappa shape index (κ2) is 5.49. The van der Waals surface area contributed by atoms with Crippen molar-refractivity contribution in [3.8, 4) is 0 Å². The van der Waals surface area contributed by atoms with Crippen LogP contribution in [0.1, 0.15) is 11.1 Å². The summed E-state index contributed by atoms with van der Waals surface area (Å²) in [6.07, 6.45) is 1.32. The van der Waals surface area contributed by atoms with Crippen molar-refractivity contribution in [2.75, 3.05) is 0 Å². The van der Waals surface area contributed by atoms with Gasteiger partial charge in [-0.15, -0.1) is 0 Å². The molecule has 0 aliphatic rings. The maximum Gasteiger partial charge on any atom is 0.194 e. The first-order chi connectivity index (χ1) is 8.66. The van der Waals surface area contributed by atoms with Crippen LogP contribution < -0.4 is 0 Å². The number of rotatable bonds is 3. The van der Waals surface area contributed by atoms with Gasteiger partial charge in [-0.1, -0.05) is 30.3 Å². The monoisotopic (exact) mass is 249 g/mol. The first-order valence-electron chi connectivity index (χ1n) is 5.35. The Morgan fingerprint density at radius 2 is 1.56 bits per heavy atom. The molecule has 2 rings (SSSR count). The molecule has 2 aromatic rings. The van der Waals surface area contributed by atoms with Crippen LogP contribution in [0, 0.1) is 17.5 Å². The second-order valence-electron chi connectivity index (χ2n) is 3.75. The van der Waals surface area contributed by atoms with Gasteiger partial charge in [0.2, 0.25) is 0 Å². The van der Waals surface area contributed by atoms with E-state index in [0.717, 1.165) is 17.7 Å². The minimum atomic E-state index is -1.46. The van der Waals surface area contributed by atoms with E-state index in [4.69, 9.17) is 0 Å². The molecule has 0 heterocycles. The maximum atomic E-state index is 12.9. The van der Waals surface area contributed by atoms with E-state index in [9.17, 15) is 13.2 Å². The van der Waals surface area contributed by atoms with Crippen molar-refractivity contribution in [1.29, 1.82) is 0 Å². The average Bonchev–Trinajstić information content (AvgIpc) is 2.37. The summed E-state index contributed by atoms with van der Waals surface area (Å²) in [5.74, 6) is -3.89. The van der Waals surface area contributed by atoms with Crippen LogP contribution in [0.4, 0.5) is 13.2 Å². The predicted octanol–water partition coefficient (Wildman–Crippen LogP) is 3.72. The Bertz CT molecular complexity index is 542. The number of hydrogen-bond donors (Lipinski definition) is 0. The van der Waals surface area contributed by atoms with E-state index in [1.807, 2.05) is 30.3 Å². The molecule has 0 radical (unpaired) electrons. The van der Waals surface area contributed by atoms with Crippen molar-refractivity contribution in [3.63, 3.8) is 0 Å². The van der Waals surface area contributed by atoms with Crippen molar-refractivity contribution >= 4 is 6.21 Å². The summed E-state index contributed by atoms with van der Waals surface area (Å²) >= 11 is 0. The van der Waals surface area contributed by atoms with E-state index in [1.165, 1.54) is 6.21 Å². The molecule has 2 aromatic carbocycles. The van der Waals surface area contributed by atoms with Gasteiger partial charge in [0.1, 0.15) is 0 Å². The average molecular weight is 249 g/mol. The molecular weight excluding hydrogens is 239 g/mol. The molecule has 0 saturated carbocycles. The Balaban J connectivity index is 2.10. The lowest BCUT2D eigenvalue weighted by Crippen LogP contribution is -1.94. The van der Waals surface area contributed by atoms with Crippen LogP contribution in [0.3, 0.4) is 0 Å². The van der Waals surface area contributed by atoms with E-state index in [-0.39, 0.29) is 5.56 Å². The molecule has 0 atom stereocenters. The van der Waals surface area contributed by atoms with Gasteiger partial charge in [0.15, 0.2) is 17.5 Å². The highest BCUT2D eigenvalue weighted by molar-refractivity contribution is 5.79. The number of aliphatic imine (C=N–C) groups is 1. The highest BCUT2D eigenvalue weighted by Gasteiger charge is 2.08. The third kappa shape index (κ3) is 2.97. The Morgan fingerprint density at radius 3 is 2.17 bits per heavy atom. The minimum absolute atomic E-state index is 0.197. The fourth-order valence-corrected chi connectivity index (χ4v) is 1.49. The molecule has 0 saturated heterocycles. The van der Waals surface area contributed by atoms with Gasteiger partial charge in [0.05, 0.1) is 6.54 Å². The molecule has 1 nitrogen and oxygen atoms in total. The van der Waals surface area contributed by atoms with Crippen molar-refractivity contribution < 1.29 is 13.2 Å². The first kappa shape index (κ1) is 12.4. The molecule has 0 aromatic heterocycles. The fourth-order valence-electron chi connectivity index (χ4n) is 1.49. The van der Waals surface area contributed by atoms with Crippen molar-refractivity contribution in [2.24, 2.45) is 4.99 Å². The fraction of sp³-hybridized carbons (Fsp3) is 0.0714. The zero-order valence-electron chi connectivity index (χ0n) is 9.41. The van der Waals surface area contributed by atoms with E-state index in [0.29, 0.717) is 6.54 Å². The Kier molecular flexibility index (Phi) is 3.77. The Morgan fingerprint density at radius 1 is 0.944 bits per heavy atom. The van der Waals surface area contributed by atoms with Gasteiger partial charge in [-0.2, -0.15) is 0 Å². The van der Waals surface area contributed by atoms with E-state index in [1.54, 1.807) is 0 Å². The summed E-state index contributed by atoms with van der Waals surface area (Å²) in [6, 6.07) is 11.2. The van der Waals surface area contributed by atoms with Gasteiger partial charge in [-0.25, -0.2) is 13.2 Å². The van der Waals surface area contributed by atoms with Crippen LogP contribution in [0.2, 0.25) is 0 Å². The third-order valence-electron chi connectivity index (χ3n) is 2.36. The molecule has 92 valence electrons. The lowest BCUT2D eigenvalue weighted by atomic mass is 10.2. The molecule has 0 unspecified atom stereocenters. The molecule has 0 aliphatic heterocycles. The van der Waals surface area contributed by atoms with Gasteiger partial charge in [0.25, 0.3) is 0 Å². The first-order valence-corrected chi connectivity index (χ1v) is 5.35. The van der Waals surface area contributed by atoms with Crippen LogP contribution in [0.15, 0.2) is 47.5 Å². The molecule has 0 bridgehead atoms. The summed E-state index contributed by atoms with van der Waals surface area (Å²) in [4.78, 5) is 4.04. The van der Waals surface area contributed by atoms with Crippen LogP contribution in [0.25, 0.3) is 0 Å². The highest BCUT2D eigenvalue weighted by atomic mass is 19.2. The summed E-state index contributed by atoms with van der Waals surface area (Å²) in [7, 11) is 0. The number of halogens is 3. The van der Waals surface area contributed by atoms with Gasteiger partial charge >= 0.3 is 0 Å². The number of nitrogens with zero attached hydrogens (tertiary/aromatic N) is 1. The van der Waals surface area contributed by atoms with E-state index in [2.05, 4.69) is 4.99 Å². The largest absolute Gasteiger partial charge is 0.288 e. The van der Waals surface area contributed by atoms with Crippen LogP contribution in [0.5, 0.6) is 0 Å². The second-order valence-corrected chi connectivity index (χ2v) is 3.75. The molecule has 0 aliphatic carbocycles. The van der Waals surface area contributed by atoms with Gasteiger partial charge in [0, 0.05) is 6.21 Å². The van der Waals surface area contributed by atoms with E-state index < -0.39 is 17.5 Å². The summed E-state index contributed by atoms with van der Waals surface area (Å²) in [6.45, 7) is 0.404. The normalized spacial score (nSPS) is 11.1. The SMILES string of the molecule is Fc1cc(C=NCc2ccccc2)cc(F)c1F. The molecular formula is C14H10F3N. The lowest BCUT2D eigenvalue weighted by molar-refractivity contribution is 0.447. The predicted molar refractivity (Wildman–Crippen MR) is 64.1 cm³/mol. The van der Waals surface area contributed by atoms with Gasteiger partial charge in [-0.3, -0.25) is 4.99 Å². The Hall–Kier alpha value is -2.10. The molecule has 4 heteroatoms. The van der Waals surface area contributed by atoms with E-state index >= 15 is 0 Å². The topological polar surface area (TPSA) is 12.4 Å². The third-order valence-corrected chi connectivity index (χ3v) is 2.36. The zero-order valence-corrected chi connectivity index (χ0v) is 9.41. The molecule has 0 fully saturated rings.